The van der Waals surface area contributed by atoms with Crippen LogP contribution in [0.3, 0.4) is 0 Å². The maximum atomic E-state index is 13.5. The summed E-state index contributed by atoms with van der Waals surface area (Å²) in [4.78, 5) is 26.2. The maximum absolute atomic E-state index is 13.5. The molecule has 0 aliphatic rings. The van der Waals surface area contributed by atoms with Crippen molar-refractivity contribution in [3.63, 3.8) is 0 Å². The first-order valence-electron chi connectivity index (χ1n) is 13.2. The van der Waals surface area contributed by atoms with Crippen LogP contribution in [0.15, 0.2) is 91.0 Å². The van der Waals surface area contributed by atoms with Crippen molar-refractivity contribution in [2.75, 3.05) is 0 Å². The topological polar surface area (TPSA) is 87.7 Å². The van der Waals surface area contributed by atoms with Crippen LogP contribution in [0, 0.1) is 5.92 Å². The molecule has 0 aliphatic heterocycles. The van der Waals surface area contributed by atoms with Gasteiger partial charge in [-0.2, -0.15) is 0 Å². The van der Waals surface area contributed by atoms with Crippen molar-refractivity contribution in [2.45, 2.75) is 70.7 Å². The SMILES string of the molecule is CC(NC(=O)[C@H](Cc1ccccc1)C[C@H](O)C(Cc1ccccc1)NC(=O)OC(C)(C)C)c1ccccc1. The van der Waals surface area contributed by atoms with Crippen molar-refractivity contribution in [1.29, 1.82) is 0 Å². The summed E-state index contributed by atoms with van der Waals surface area (Å²) in [6.07, 6.45) is -0.527. The van der Waals surface area contributed by atoms with E-state index in [-0.39, 0.29) is 18.4 Å². The summed E-state index contributed by atoms with van der Waals surface area (Å²) in [5.41, 5.74) is 2.31. The van der Waals surface area contributed by atoms with Crippen LogP contribution in [0.1, 0.15) is 56.8 Å². The Morgan fingerprint density at radius 1 is 0.789 bits per heavy atom. The molecular weight excluding hydrogens is 476 g/mol. The van der Waals surface area contributed by atoms with Gasteiger partial charge in [-0.25, -0.2) is 4.79 Å². The van der Waals surface area contributed by atoms with Crippen molar-refractivity contribution >= 4 is 12.0 Å². The number of aliphatic hydroxyl groups is 1. The first-order chi connectivity index (χ1) is 18.1. The first-order valence-corrected chi connectivity index (χ1v) is 13.2. The van der Waals surface area contributed by atoms with E-state index in [4.69, 9.17) is 4.74 Å². The molecule has 0 heterocycles. The summed E-state index contributed by atoms with van der Waals surface area (Å²) in [6.45, 7) is 7.33. The van der Waals surface area contributed by atoms with Gasteiger partial charge >= 0.3 is 6.09 Å². The predicted molar refractivity (Wildman–Crippen MR) is 151 cm³/mol. The molecule has 0 spiro atoms. The molecule has 3 N–H and O–H groups in total. The summed E-state index contributed by atoms with van der Waals surface area (Å²) in [5, 5.41) is 17.4. The number of amides is 2. The lowest BCUT2D eigenvalue weighted by atomic mass is 9.88. The zero-order valence-corrected chi connectivity index (χ0v) is 22.8. The third-order valence-electron chi connectivity index (χ3n) is 6.35. The molecule has 38 heavy (non-hydrogen) atoms. The van der Waals surface area contributed by atoms with Gasteiger partial charge in [-0.3, -0.25) is 4.79 Å². The van der Waals surface area contributed by atoms with Crippen molar-refractivity contribution in [1.82, 2.24) is 10.6 Å². The molecule has 0 saturated heterocycles. The van der Waals surface area contributed by atoms with Gasteiger partial charge in [-0.05, 0) is 63.6 Å². The van der Waals surface area contributed by atoms with E-state index in [1.165, 1.54) is 0 Å². The highest BCUT2D eigenvalue weighted by Gasteiger charge is 2.30. The van der Waals surface area contributed by atoms with Crippen LogP contribution in [0.25, 0.3) is 0 Å². The number of benzene rings is 3. The number of aliphatic hydroxyl groups excluding tert-OH is 1. The Bertz CT molecular complexity index is 1130. The van der Waals surface area contributed by atoms with Crippen molar-refractivity contribution in [3.8, 4) is 0 Å². The molecule has 0 fully saturated rings. The van der Waals surface area contributed by atoms with Gasteiger partial charge in [0.25, 0.3) is 0 Å². The molecule has 4 atom stereocenters. The van der Waals surface area contributed by atoms with E-state index in [1.807, 2.05) is 97.9 Å². The minimum absolute atomic E-state index is 0.139. The van der Waals surface area contributed by atoms with Crippen LogP contribution in [0.2, 0.25) is 0 Å². The molecule has 3 rings (SSSR count). The number of carbonyl (C=O) groups excluding carboxylic acids is 2. The monoisotopic (exact) mass is 516 g/mol. The van der Waals surface area contributed by atoms with E-state index >= 15 is 0 Å². The Morgan fingerprint density at radius 3 is 1.82 bits per heavy atom. The zero-order chi connectivity index (χ0) is 27.5. The fourth-order valence-corrected chi connectivity index (χ4v) is 4.40. The third-order valence-corrected chi connectivity index (χ3v) is 6.35. The number of ether oxygens (including phenoxy) is 1. The van der Waals surface area contributed by atoms with Crippen molar-refractivity contribution < 1.29 is 19.4 Å². The van der Waals surface area contributed by atoms with Gasteiger partial charge in [0.05, 0.1) is 18.2 Å². The summed E-state index contributed by atoms with van der Waals surface area (Å²) in [7, 11) is 0. The number of hydrogen-bond acceptors (Lipinski definition) is 4. The molecule has 0 saturated carbocycles. The van der Waals surface area contributed by atoms with Gasteiger partial charge < -0.3 is 20.5 Å². The Hall–Kier alpha value is -3.64. The minimum atomic E-state index is -0.978. The Kier molecular flexibility index (Phi) is 10.5. The molecule has 6 nitrogen and oxygen atoms in total. The fourth-order valence-electron chi connectivity index (χ4n) is 4.40. The number of alkyl carbamates (subject to hydrolysis) is 1. The highest BCUT2D eigenvalue weighted by Crippen LogP contribution is 2.21. The minimum Gasteiger partial charge on any atom is -0.444 e. The Morgan fingerprint density at radius 2 is 1.29 bits per heavy atom. The first kappa shape index (κ1) is 28.9. The third kappa shape index (κ3) is 9.67. The Labute approximate surface area is 226 Å². The normalized spacial score (nSPS) is 14.6. The number of carbonyl (C=O) groups is 2. The fraction of sp³-hybridized carbons (Fsp3) is 0.375. The standard InChI is InChI=1S/C32H40N2O4/c1-23(26-18-12-7-13-19-26)33-30(36)27(20-24-14-8-5-9-15-24)22-29(35)28(21-25-16-10-6-11-17-25)34-31(37)38-32(2,3)4/h5-19,23,27-29,35H,20-22H2,1-4H3,(H,33,36)(H,34,37)/t23?,27-,28?,29+/m1/s1. The Balaban J connectivity index is 1.79. The van der Waals surface area contributed by atoms with Crippen LogP contribution in [0.5, 0.6) is 0 Å². The van der Waals surface area contributed by atoms with Crippen LogP contribution in [-0.4, -0.2) is 34.9 Å². The van der Waals surface area contributed by atoms with Crippen LogP contribution in [0.4, 0.5) is 4.79 Å². The average Bonchev–Trinajstić information content (AvgIpc) is 2.88. The molecular formula is C32H40N2O4. The predicted octanol–water partition coefficient (Wildman–Crippen LogP) is 5.61. The van der Waals surface area contributed by atoms with Gasteiger partial charge in [0.15, 0.2) is 0 Å². The zero-order valence-electron chi connectivity index (χ0n) is 22.8. The number of hydrogen-bond donors (Lipinski definition) is 3. The highest BCUT2D eigenvalue weighted by molar-refractivity contribution is 5.79. The van der Waals surface area contributed by atoms with Gasteiger partial charge in [0.2, 0.25) is 5.91 Å². The van der Waals surface area contributed by atoms with Crippen LogP contribution >= 0.6 is 0 Å². The van der Waals surface area contributed by atoms with E-state index in [2.05, 4.69) is 10.6 Å². The summed E-state index contributed by atoms with van der Waals surface area (Å²) in [6, 6.07) is 28.4. The molecule has 0 bridgehead atoms. The second-order valence-electron chi connectivity index (χ2n) is 10.8. The van der Waals surface area contributed by atoms with Crippen LogP contribution in [-0.2, 0) is 22.4 Å². The van der Waals surface area contributed by atoms with Crippen molar-refractivity contribution in [3.05, 3.63) is 108 Å². The van der Waals surface area contributed by atoms with Gasteiger partial charge in [-0.1, -0.05) is 91.0 Å². The lowest BCUT2D eigenvalue weighted by Crippen LogP contribution is -2.48. The molecule has 3 aromatic rings. The molecule has 0 aliphatic carbocycles. The quantitative estimate of drug-likeness (QED) is 0.309. The maximum Gasteiger partial charge on any atom is 0.407 e. The van der Waals surface area contributed by atoms with E-state index in [9.17, 15) is 14.7 Å². The lowest BCUT2D eigenvalue weighted by Gasteiger charge is -2.29. The van der Waals surface area contributed by atoms with E-state index in [0.717, 1.165) is 16.7 Å². The van der Waals surface area contributed by atoms with E-state index in [0.29, 0.717) is 12.8 Å². The van der Waals surface area contributed by atoms with Gasteiger partial charge in [-0.15, -0.1) is 0 Å². The molecule has 0 radical (unpaired) electrons. The highest BCUT2D eigenvalue weighted by atomic mass is 16.6. The van der Waals surface area contributed by atoms with Crippen LogP contribution < -0.4 is 10.6 Å². The largest absolute Gasteiger partial charge is 0.444 e. The summed E-state index contributed by atoms with van der Waals surface area (Å²) >= 11 is 0. The van der Waals surface area contributed by atoms with E-state index < -0.39 is 29.8 Å². The van der Waals surface area contributed by atoms with E-state index in [1.54, 1.807) is 20.8 Å². The smallest absolute Gasteiger partial charge is 0.407 e. The number of nitrogens with one attached hydrogen (secondary N) is 2. The second-order valence-corrected chi connectivity index (χ2v) is 10.8. The van der Waals surface area contributed by atoms with Crippen molar-refractivity contribution in [2.24, 2.45) is 5.92 Å². The molecule has 2 amide bonds. The second kappa shape index (κ2) is 13.8. The van der Waals surface area contributed by atoms with Gasteiger partial charge in [0, 0.05) is 5.92 Å². The van der Waals surface area contributed by atoms with Gasteiger partial charge in [0.1, 0.15) is 5.60 Å². The average molecular weight is 517 g/mol. The molecule has 202 valence electrons. The summed E-state index contributed by atoms with van der Waals surface area (Å²) in [5.74, 6) is -0.641. The molecule has 6 heteroatoms. The molecule has 3 aromatic carbocycles. The lowest BCUT2D eigenvalue weighted by molar-refractivity contribution is -0.126. The molecule has 0 aromatic heterocycles. The number of rotatable bonds is 11. The molecule has 2 unspecified atom stereocenters. The summed E-state index contributed by atoms with van der Waals surface area (Å²) < 4.78 is 5.47.